The van der Waals surface area contributed by atoms with Crippen molar-refractivity contribution in [2.45, 2.75) is 11.3 Å². The van der Waals surface area contributed by atoms with Crippen molar-refractivity contribution in [3.63, 3.8) is 0 Å². The first kappa shape index (κ1) is 18.8. The highest BCUT2D eigenvalue weighted by atomic mass is 32.2. The molecular formula is C19H17N5O4S. The minimum atomic E-state index is -0.848. The van der Waals surface area contributed by atoms with Crippen molar-refractivity contribution >= 4 is 23.6 Å². The Morgan fingerprint density at radius 1 is 1.07 bits per heavy atom. The lowest BCUT2D eigenvalue weighted by molar-refractivity contribution is -0.134. The van der Waals surface area contributed by atoms with Crippen LogP contribution in [0, 0.1) is 0 Å². The van der Waals surface area contributed by atoms with Crippen LogP contribution in [0.4, 0.5) is 0 Å². The Labute approximate surface area is 170 Å². The van der Waals surface area contributed by atoms with Crippen LogP contribution in [0.25, 0.3) is 5.69 Å². The van der Waals surface area contributed by atoms with Gasteiger partial charge in [-0.2, -0.15) is 0 Å². The normalized spacial score (nSPS) is 14.8. The van der Waals surface area contributed by atoms with Crippen LogP contribution in [0.3, 0.4) is 0 Å². The molecule has 0 aliphatic carbocycles. The topological polar surface area (TPSA) is 107 Å². The zero-order chi connectivity index (χ0) is 20.1. The SMILES string of the molecule is O=C(CSc1nncn1-c1ccccc1)NNC(=O)[C@@H]1COc2ccccc2O1. The van der Waals surface area contributed by atoms with Gasteiger partial charge in [-0.15, -0.1) is 10.2 Å². The molecule has 10 heteroatoms. The van der Waals surface area contributed by atoms with E-state index in [1.54, 1.807) is 29.1 Å². The molecule has 1 aliphatic rings. The highest BCUT2D eigenvalue weighted by Gasteiger charge is 2.27. The smallest absolute Gasteiger partial charge is 0.283 e. The molecule has 0 unspecified atom stereocenters. The Balaban J connectivity index is 1.26. The number of fused-ring (bicyclic) bond motifs is 1. The van der Waals surface area contributed by atoms with Crippen molar-refractivity contribution in [3.05, 3.63) is 60.9 Å². The van der Waals surface area contributed by atoms with Crippen LogP contribution >= 0.6 is 11.8 Å². The van der Waals surface area contributed by atoms with Crippen LogP contribution in [0.2, 0.25) is 0 Å². The van der Waals surface area contributed by atoms with Gasteiger partial charge in [-0.05, 0) is 24.3 Å². The molecule has 2 aromatic carbocycles. The van der Waals surface area contributed by atoms with Crippen LogP contribution in [0.5, 0.6) is 11.5 Å². The molecular weight excluding hydrogens is 394 g/mol. The van der Waals surface area contributed by atoms with E-state index in [0.717, 1.165) is 5.69 Å². The minimum Gasteiger partial charge on any atom is -0.485 e. The van der Waals surface area contributed by atoms with E-state index in [2.05, 4.69) is 21.0 Å². The predicted octanol–water partition coefficient (Wildman–Crippen LogP) is 1.35. The van der Waals surface area contributed by atoms with Crippen LogP contribution in [0.1, 0.15) is 0 Å². The second-order valence-electron chi connectivity index (χ2n) is 6.01. The maximum absolute atomic E-state index is 12.2. The van der Waals surface area contributed by atoms with E-state index in [-0.39, 0.29) is 18.3 Å². The van der Waals surface area contributed by atoms with E-state index in [1.807, 2.05) is 36.4 Å². The molecule has 2 amide bonds. The molecule has 2 heterocycles. The average molecular weight is 411 g/mol. The second-order valence-corrected chi connectivity index (χ2v) is 6.95. The Hall–Kier alpha value is -3.53. The lowest BCUT2D eigenvalue weighted by Crippen LogP contribution is -2.51. The molecule has 0 saturated carbocycles. The van der Waals surface area contributed by atoms with Crippen molar-refractivity contribution in [2.75, 3.05) is 12.4 Å². The molecule has 2 N–H and O–H groups in total. The summed E-state index contributed by atoms with van der Waals surface area (Å²) < 4.78 is 12.9. The molecule has 0 radical (unpaired) electrons. The third-order valence-electron chi connectivity index (χ3n) is 4.01. The summed E-state index contributed by atoms with van der Waals surface area (Å²) in [5.41, 5.74) is 5.62. The number of amides is 2. The fourth-order valence-corrected chi connectivity index (χ4v) is 3.34. The number of hydrazine groups is 1. The second kappa shape index (κ2) is 8.65. The molecule has 148 valence electrons. The van der Waals surface area contributed by atoms with Crippen LogP contribution < -0.4 is 20.3 Å². The Morgan fingerprint density at radius 2 is 1.83 bits per heavy atom. The molecule has 3 aromatic rings. The van der Waals surface area contributed by atoms with Gasteiger partial charge in [0.05, 0.1) is 5.75 Å². The van der Waals surface area contributed by atoms with E-state index < -0.39 is 12.0 Å². The number of carbonyl (C=O) groups is 2. The minimum absolute atomic E-state index is 0.0522. The zero-order valence-corrected chi connectivity index (χ0v) is 16.0. The first-order chi connectivity index (χ1) is 14.2. The third-order valence-corrected chi connectivity index (χ3v) is 4.95. The summed E-state index contributed by atoms with van der Waals surface area (Å²) in [4.78, 5) is 24.3. The number of carbonyl (C=O) groups excluding carboxylic acids is 2. The molecule has 9 nitrogen and oxygen atoms in total. The largest absolute Gasteiger partial charge is 0.485 e. The van der Waals surface area contributed by atoms with Gasteiger partial charge in [-0.1, -0.05) is 42.1 Å². The Bertz CT molecular complexity index is 1010. The van der Waals surface area contributed by atoms with Gasteiger partial charge in [0.1, 0.15) is 12.9 Å². The number of benzene rings is 2. The van der Waals surface area contributed by atoms with E-state index in [1.165, 1.54) is 11.8 Å². The molecule has 4 rings (SSSR count). The number of hydrogen-bond donors (Lipinski definition) is 2. The maximum atomic E-state index is 12.2. The summed E-state index contributed by atoms with van der Waals surface area (Å²) in [7, 11) is 0. The van der Waals surface area contributed by atoms with Gasteiger partial charge in [0.25, 0.3) is 5.91 Å². The van der Waals surface area contributed by atoms with Crippen molar-refractivity contribution in [1.82, 2.24) is 25.6 Å². The first-order valence-corrected chi connectivity index (χ1v) is 9.75. The highest BCUT2D eigenvalue weighted by molar-refractivity contribution is 7.99. The number of para-hydroxylation sites is 3. The summed E-state index contributed by atoms with van der Waals surface area (Å²) in [5, 5.41) is 8.48. The number of rotatable bonds is 5. The number of hydrogen-bond acceptors (Lipinski definition) is 7. The highest BCUT2D eigenvalue weighted by Crippen LogP contribution is 2.30. The summed E-state index contributed by atoms with van der Waals surface area (Å²) in [6.07, 6.45) is 0.731. The van der Waals surface area contributed by atoms with Gasteiger partial charge in [-0.3, -0.25) is 25.0 Å². The summed E-state index contributed by atoms with van der Waals surface area (Å²) in [6, 6.07) is 16.6. The zero-order valence-electron chi connectivity index (χ0n) is 15.1. The lowest BCUT2D eigenvalue weighted by Gasteiger charge is -2.25. The van der Waals surface area contributed by atoms with Crippen LogP contribution in [-0.2, 0) is 9.59 Å². The standard InChI is InChI=1S/C19H17N5O4S/c25-17(11-29-19-23-20-12-24(19)13-6-2-1-3-7-13)21-22-18(26)16-10-27-14-8-4-5-9-15(14)28-16/h1-9,12,16H,10-11H2,(H,21,25)(H,22,26)/t16-/m0/s1. The number of nitrogens with zero attached hydrogens (tertiary/aromatic N) is 3. The van der Waals surface area contributed by atoms with Gasteiger partial charge in [0.2, 0.25) is 12.0 Å². The Morgan fingerprint density at radius 3 is 2.66 bits per heavy atom. The van der Waals surface area contributed by atoms with Crippen molar-refractivity contribution in [2.24, 2.45) is 0 Å². The van der Waals surface area contributed by atoms with Crippen molar-refractivity contribution in [3.8, 4) is 17.2 Å². The van der Waals surface area contributed by atoms with Crippen molar-refractivity contribution < 1.29 is 19.1 Å². The van der Waals surface area contributed by atoms with Crippen LogP contribution in [0.15, 0.2) is 66.1 Å². The van der Waals surface area contributed by atoms with Gasteiger partial charge in [0.15, 0.2) is 16.7 Å². The van der Waals surface area contributed by atoms with Crippen LogP contribution in [-0.4, -0.2) is 45.0 Å². The molecule has 29 heavy (non-hydrogen) atoms. The summed E-state index contributed by atoms with van der Waals surface area (Å²) in [6.45, 7) is 0.0631. The summed E-state index contributed by atoms with van der Waals surface area (Å²) in [5.74, 6) is 0.241. The van der Waals surface area contributed by atoms with Gasteiger partial charge in [0, 0.05) is 5.69 Å². The lowest BCUT2D eigenvalue weighted by atomic mass is 10.2. The number of aromatic nitrogens is 3. The monoisotopic (exact) mass is 411 g/mol. The Kier molecular flexibility index (Phi) is 5.61. The summed E-state index contributed by atoms with van der Waals surface area (Å²) >= 11 is 1.20. The molecule has 1 aromatic heterocycles. The van der Waals surface area contributed by atoms with E-state index in [4.69, 9.17) is 9.47 Å². The molecule has 0 bridgehead atoms. The number of nitrogens with one attached hydrogen (secondary N) is 2. The molecule has 0 saturated heterocycles. The third kappa shape index (κ3) is 4.49. The van der Waals surface area contributed by atoms with Crippen molar-refractivity contribution in [1.29, 1.82) is 0 Å². The first-order valence-electron chi connectivity index (χ1n) is 8.76. The fraction of sp³-hybridized carbons (Fsp3) is 0.158. The molecule has 1 atom stereocenters. The van der Waals surface area contributed by atoms with E-state index in [0.29, 0.717) is 16.7 Å². The quantitative estimate of drug-likeness (QED) is 0.482. The van der Waals surface area contributed by atoms with Gasteiger partial charge >= 0.3 is 0 Å². The van der Waals surface area contributed by atoms with E-state index in [9.17, 15) is 9.59 Å². The molecule has 0 fully saturated rings. The van der Waals surface area contributed by atoms with E-state index >= 15 is 0 Å². The molecule has 1 aliphatic heterocycles. The fourth-order valence-electron chi connectivity index (χ4n) is 2.62. The van der Waals surface area contributed by atoms with Gasteiger partial charge in [-0.25, -0.2) is 0 Å². The van der Waals surface area contributed by atoms with Gasteiger partial charge < -0.3 is 9.47 Å². The maximum Gasteiger partial charge on any atom is 0.283 e. The number of thioether (sulfide) groups is 1. The predicted molar refractivity (Wildman–Crippen MR) is 105 cm³/mol. The number of ether oxygens (including phenoxy) is 2. The molecule has 0 spiro atoms. The average Bonchev–Trinajstić information content (AvgIpc) is 3.25.